The fourth-order valence-corrected chi connectivity index (χ4v) is 4.56. The number of aliphatic imine (C=N–C) groups is 1. The van der Waals surface area contributed by atoms with Crippen molar-refractivity contribution in [3.8, 4) is 5.75 Å². The molecule has 0 spiro atoms. The average Bonchev–Trinajstić information content (AvgIpc) is 2.75. The maximum Gasteiger partial charge on any atom is 0.162 e. The quantitative estimate of drug-likeness (QED) is 0.756. The van der Waals surface area contributed by atoms with Crippen molar-refractivity contribution in [3.05, 3.63) is 59.9 Å². The summed E-state index contributed by atoms with van der Waals surface area (Å²) in [4.78, 5) is 7.01. The van der Waals surface area contributed by atoms with Gasteiger partial charge in [0.25, 0.3) is 0 Å². The molecule has 5 nitrogen and oxygen atoms in total. The summed E-state index contributed by atoms with van der Waals surface area (Å²) in [6.45, 7) is 2.65. The molecule has 1 fully saturated rings. The summed E-state index contributed by atoms with van der Waals surface area (Å²) in [5, 5.41) is 14.9. The van der Waals surface area contributed by atoms with Crippen molar-refractivity contribution >= 4 is 22.6 Å². The highest BCUT2D eigenvalue weighted by atomic mass is 32.2. The van der Waals surface area contributed by atoms with Crippen molar-refractivity contribution < 1.29 is 14.2 Å². The van der Waals surface area contributed by atoms with Crippen LogP contribution < -0.4 is 10.1 Å². The number of rotatable bonds is 6. The van der Waals surface area contributed by atoms with Gasteiger partial charge in [-0.15, -0.1) is 0 Å². The van der Waals surface area contributed by atoms with Crippen LogP contribution in [0.4, 0.5) is 10.1 Å². The molecule has 0 bridgehead atoms. The lowest BCUT2D eigenvalue weighted by molar-refractivity contribution is 0.0588. The van der Waals surface area contributed by atoms with E-state index in [4.69, 9.17) is 9.73 Å². The number of hydrogen-bond donors (Lipinski definition) is 2. The zero-order valence-corrected chi connectivity index (χ0v) is 17.1. The van der Waals surface area contributed by atoms with E-state index in [1.165, 1.54) is 17.7 Å². The second kappa shape index (κ2) is 9.61. The Kier molecular flexibility index (Phi) is 6.69. The summed E-state index contributed by atoms with van der Waals surface area (Å²) >= 11 is 1.76. The molecule has 2 aliphatic heterocycles. The molecule has 2 aliphatic rings. The lowest BCUT2D eigenvalue weighted by Gasteiger charge is -2.34. The Balaban J connectivity index is 1.19. The Morgan fingerprint density at radius 3 is 2.72 bits per heavy atom. The van der Waals surface area contributed by atoms with Crippen LogP contribution in [-0.2, 0) is 5.75 Å². The molecular formula is C22H26FN3O2S. The second-order valence-electron chi connectivity index (χ2n) is 7.47. The molecule has 2 heterocycles. The number of thioether (sulfide) groups is 1. The van der Waals surface area contributed by atoms with Crippen LogP contribution in [0.15, 0.2) is 53.5 Å². The van der Waals surface area contributed by atoms with Gasteiger partial charge >= 0.3 is 0 Å². The first-order valence-electron chi connectivity index (χ1n) is 10.0. The lowest BCUT2D eigenvalue weighted by Crippen LogP contribution is -2.46. The number of aliphatic hydroxyl groups excluding tert-OH is 1. The van der Waals surface area contributed by atoms with Crippen LogP contribution in [0.3, 0.4) is 0 Å². The molecule has 1 atom stereocenters. The van der Waals surface area contributed by atoms with E-state index in [-0.39, 0.29) is 12.4 Å². The van der Waals surface area contributed by atoms with Crippen LogP contribution in [0.5, 0.6) is 5.75 Å². The Morgan fingerprint density at radius 1 is 1.17 bits per heavy atom. The minimum atomic E-state index is -0.570. The molecule has 0 radical (unpaired) electrons. The van der Waals surface area contributed by atoms with E-state index >= 15 is 0 Å². The number of benzene rings is 2. The summed E-state index contributed by atoms with van der Waals surface area (Å²) in [7, 11) is 0. The first-order valence-corrected chi connectivity index (χ1v) is 11.0. The van der Waals surface area contributed by atoms with Crippen LogP contribution in [0.1, 0.15) is 18.4 Å². The van der Waals surface area contributed by atoms with E-state index in [9.17, 15) is 9.50 Å². The van der Waals surface area contributed by atoms with Gasteiger partial charge in [-0.05, 0) is 48.7 Å². The summed E-state index contributed by atoms with van der Waals surface area (Å²) < 4.78 is 18.5. The summed E-state index contributed by atoms with van der Waals surface area (Å²) in [5.74, 6) is 1.23. The molecule has 0 amide bonds. The molecule has 0 saturated carbocycles. The third kappa shape index (κ3) is 5.72. The van der Waals surface area contributed by atoms with E-state index in [1.807, 2.05) is 6.07 Å². The fraction of sp³-hybridized carbons (Fsp3) is 0.409. The minimum Gasteiger partial charge on any atom is -0.491 e. The number of β-amino-alcohol motifs (C(OH)–C–C–N with tert-alkyl or cyclic N) is 1. The molecule has 1 saturated heterocycles. The molecule has 2 N–H and O–H groups in total. The van der Waals surface area contributed by atoms with E-state index in [0.717, 1.165) is 42.5 Å². The SMILES string of the molecule is OC(COc1ccc(F)cc1)CN1CCC(NC2=Nc3ccccc3CS2)CC1. The number of ether oxygens (including phenoxy) is 1. The van der Waals surface area contributed by atoms with Gasteiger partial charge in [-0.1, -0.05) is 30.0 Å². The number of fused-ring (bicyclic) bond motifs is 1. The Labute approximate surface area is 175 Å². The number of nitrogens with zero attached hydrogens (tertiary/aromatic N) is 2. The molecule has 0 aliphatic carbocycles. The van der Waals surface area contributed by atoms with Crippen LogP contribution in [0, 0.1) is 5.82 Å². The first kappa shape index (κ1) is 20.2. The van der Waals surface area contributed by atoms with Crippen molar-refractivity contribution in [2.45, 2.75) is 30.7 Å². The van der Waals surface area contributed by atoms with Crippen LogP contribution in [-0.4, -0.2) is 53.6 Å². The summed E-state index contributed by atoms with van der Waals surface area (Å²) in [6, 6.07) is 14.5. The third-order valence-electron chi connectivity index (χ3n) is 5.22. The number of nitrogens with one attached hydrogen (secondary N) is 1. The summed E-state index contributed by atoms with van der Waals surface area (Å²) in [5.41, 5.74) is 2.35. The number of likely N-dealkylation sites (tertiary alicyclic amines) is 1. The number of amidine groups is 1. The Morgan fingerprint density at radius 2 is 1.93 bits per heavy atom. The van der Waals surface area contributed by atoms with Gasteiger partial charge in [-0.3, -0.25) is 0 Å². The highest BCUT2D eigenvalue weighted by molar-refractivity contribution is 8.13. The van der Waals surface area contributed by atoms with Gasteiger partial charge in [0, 0.05) is 31.4 Å². The lowest BCUT2D eigenvalue weighted by atomic mass is 10.1. The van der Waals surface area contributed by atoms with Crippen molar-refractivity contribution in [3.63, 3.8) is 0 Å². The van der Waals surface area contributed by atoms with E-state index in [2.05, 4.69) is 28.4 Å². The summed E-state index contributed by atoms with van der Waals surface area (Å²) in [6.07, 6.45) is 1.47. The molecule has 4 rings (SSSR count). The van der Waals surface area contributed by atoms with Gasteiger partial charge < -0.3 is 20.1 Å². The van der Waals surface area contributed by atoms with Crippen molar-refractivity contribution in [2.24, 2.45) is 4.99 Å². The van der Waals surface area contributed by atoms with E-state index in [0.29, 0.717) is 18.3 Å². The molecule has 7 heteroatoms. The normalized spacial score (nSPS) is 18.6. The van der Waals surface area contributed by atoms with Gasteiger partial charge in [0.2, 0.25) is 0 Å². The number of hydrogen-bond acceptors (Lipinski definition) is 6. The molecule has 0 aromatic heterocycles. The smallest absolute Gasteiger partial charge is 0.162 e. The second-order valence-corrected chi connectivity index (χ2v) is 8.44. The van der Waals surface area contributed by atoms with Crippen LogP contribution in [0.2, 0.25) is 0 Å². The predicted octanol–water partition coefficient (Wildman–Crippen LogP) is 3.55. The maximum atomic E-state index is 12.9. The van der Waals surface area contributed by atoms with Crippen molar-refractivity contribution in [2.75, 3.05) is 26.2 Å². The number of piperidine rings is 1. The number of aliphatic hydroxyl groups is 1. The average molecular weight is 416 g/mol. The van der Waals surface area contributed by atoms with Gasteiger partial charge in [-0.2, -0.15) is 0 Å². The van der Waals surface area contributed by atoms with Gasteiger partial charge in [0.15, 0.2) is 5.17 Å². The van der Waals surface area contributed by atoms with Crippen molar-refractivity contribution in [1.82, 2.24) is 10.2 Å². The van der Waals surface area contributed by atoms with Crippen molar-refractivity contribution in [1.29, 1.82) is 0 Å². The Hall–Kier alpha value is -2.09. The highest BCUT2D eigenvalue weighted by Gasteiger charge is 2.23. The third-order valence-corrected chi connectivity index (χ3v) is 6.16. The molecule has 29 heavy (non-hydrogen) atoms. The molecule has 2 aromatic rings. The van der Waals surface area contributed by atoms with Crippen LogP contribution >= 0.6 is 11.8 Å². The molecule has 1 unspecified atom stereocenters. The fourth-order valence-electron chi connectivity index (χ4n) is 3.61. The molecule has 154 valence electrons. The van der Waals surface area contributed by atoms with Gasteiger partial charge in [0.1, 0.15) is 24.3 Å². The molecular weight excluding hydrogens is 389 g/mol. The zero-order chi connectivity index (χ0) is 20.1. The standard InChI is InChI=1S/C22H26FN3O2S/c23-17-5-7-20(8-6-17)28-14-19(27)13-26-11-9-18(10-12-26)24-22-25-21-4-2-1-3-16(21)15-29-22/h1-8,18-19,27H,9-15H2,(H,24,25). The largest absolute Gasteiger partial charge is 0.491 e. The zero-order valence-electron chi connectivity index (χ0n) is 16.3. The van der Waals surface area contributed by atoms with Gasteiger partial charge in [0.05, 0.1) is 5.69 Å². The highest BCUT2D eigenvalue weighted by Crippen LogP contribution is 2.30. The monoisotopic (exact) mass is 415 g/mol. The number of para-hydroxylation sites is 1. The minimum absolute atomic E-state index is 0.205. The topological polar surface area (TPSA) is 57.1 Å². The Bertz CT molecular complexity index is 838. The van der Waals surface area contributed by atoms with E-state index < -0.39 is 6.10 Å². The van der Waals surface area contributed by atoms with Crippen LogP contribution in [0.25, 0.3) is 0 Å². The van der Waals surface area contributed by atoms with E-state index in [1.54, 1.807) is 23.9 Å². The molecule has 2 aromatic carbocycles. The maximum absolute atomic E-state index is 12.9. The van der Waals surface area contributed by atoms with Gasteiger partial charge in [-0.25, -0.2) is 9.38 Å². The predicted molar refractivity (Wildman–Crippen MR) is 115 cm³/mol. The first-order chi connectivity index (χ1) is 14.2. The number of halogens is 1.